The van der Waals surface area contributed by atoms with Gasteiger partial charge in [0.1, 0.15) is 0 Å². The molecule has 2 heterocycles. The zero-order chi connectivity index (χ0) is 13.8. The molecule has 0 spiro atoms. The van der Waals surface area contributed by atoms with Crippen LogP contribution in [0.4, 0.5) is 0 Å². The van der Waals surface area contributed by atoms with Crippen molar-refractivity contribution in [2.45, 2.75) is 33.4 Å². The van der Waals surface area contributed by atoms with Crippen LogP contribution in [0.25, 0.3) is 0 Å². The fraction of sp³-hybridized carbons (Fsp3) is 0.538. The molecular weight excluding hydrogens is 306 g/mol. The summed E-state index contributed by atoms with van der Waals surface area (Å²) >= 11 is 3.59. The average molecular weight is 326 g/mol. The summed E-state index contributed by atoms with van der Waals surface area (Å²) in [6.45, 7) is 6.79. The Morgan fingerprint density at radius 1 is 1.42 bits per heavy atom. The molecule has 19 heavy (non-hydrogen) atoms. The molecule has 0 aliphatic rings. The quantitative estimate of drug-likeness (QED) is 0.828. The van der Waals surface area contributed by atoms with Gasteiger partial charge < -0.3 is 9.88 Å². The highest BCUT2D eigenvalue weighted by Gasteiger charge is 2.11. The first-order valence-corrected chi connectivity index (χ1v) is 7.30. The number of halogens is 1. The molecule has 0 fully saturated rings. The molecule has 0 aromatic carbocycles. The summed E-state index contributed by atoms with van der Waals surface area (Å²) in [5.74, 6) is 0. The minimum Gasteiger partial charge on any atom is -0.331 e. The van der Waals surface area contributed by atoms with Crippen LogP contribution < -0.4 is 5.32 Å². The van der Waals surface area contributed by atoms with E-state index in [0.717, 1.165) is 47.6 Å². The molecule has 0 bridgehead atoms. The predicted octanol–water partition coefficient (Wildman–Crippen LogP) is 2.24. The second kappa shape index (κ2) is 6.34. The summed E-state index contributed by atoms with van der Waals surface area (Å²) in [5.41, 5.74) is 3.24. The molecule has 2 aromatic rings. The Morgan fingerprint density at radius 3 is 2.84 bits per heavy atom. The van der Waals surface area contributed by atoms with Crippen LogP contribution in [0.3, 0.4) is 0 Å². The number of nitrogens with zero attached hydrogens (tertiary/aromatic N) is 4. The van der Waals surface area contributed by atoms with Crippen LogP contribution in [0.5, 0.6) is 0 Å². The normalized spacial score (nSPS) is 11.2. The summed E-state index contributed by atoms with van der Waals surface area (Å²) in [4.78, 5) is 4.41. The topological polar surface area (TPSA) is 47.7 Å². The smallest absolute Gasteiger partial charge is 0.0953 e. The Bertz CT molecular complexity index is 543. The molecule has 2 rings (SSSR count). The van der Waals surface area contributed by atoms with E-state index in [1.54, 1.807) is 0 Å². The van der Waals surface area contributed by atoms with Crippen LogP contribution in [-0.2, 0) is 20.1 Å². The maximum Gasteiger partial charge on any atom is 0.0953 e. The molecule has 0 radical (unpaired) electrons. The van der Waals surface area contributed by atoms with Crippen LogP contribution in [0.15, 0.2) is 17.0 Å². The van der Waals surface area contributed by atoms with Crippen molar-refractivity contribution in [2.75, 3.05) is 6.54 Å². The van der Waals surface area contributed by atoms with Crippen LogP contribution in [0.1, 0.15) is 30.4 Å². The van der Waals surface area contributed by atoms with Crippen LogP contribution >= 0.6 is 15.9 Å². The van der Waals surface area contributed by atoms with E-state index in [-0.39, 0.29) is 0 Å². The van der Waals surface area contributed by atoms with Crippen molar-refractivity contribution >= 4 is 15.9 Å². The molecule has 0 unspecified atom stereocenters. The highest BCUT2D eigenvalue weighted by Crippen LogP contribution is 2.21. The van der Waals surface area contributed by atoms with Crippen molar-refractivity contribution in [2.24, 2.45) is 7.05 Å². The van der Waals surface area contributed by atoms with Crippen molar-refractivity contribution in [3.63, 3.8) is 0 Å². The molecule has 0 atom stereocenters. The van der Waals surface area contributed by atoms with E-state index in [9.17, 15) is 0 Å². The van der Waals surface area contributed by atoms with E-state index >= 15 is 0 Å². The molecule has 1 N–H and O–H groups in total. The van der Waals surface area contributed by atoms with Crippen LogP contribution in [0, 0.1) is 6.92 Å². The van der Waals surface area contributed by atoms with Gasteiger partial charge >= 0.3 is 0 Å². The summed E-state index contributed by atoms with van der Waals surface area (Å²) in [7, 11) is 1.97. The Balaban J connectivity index is 2.03. The Labute approximate surface area is 122 Å². The molecule has 104 valence electrons. The van der Waals surface area contributed by atoms with Crippen LogP contribution in [0.2, 0.25) is 0 Å². The predicted molar refractivity (Wildman–Crippen MR) is 79.0 cm³/mol. The lowest BCUT2D eigenvalue weighted by Gasteiger charge is -2.04. The second-order valence-electron chi connectivity index (χ2n) is 4.68. The van der Waals surface area contributed by atoms with Crippen molar-refractivity contribution in [1.82, 2.24) is 24.6 Å². The Hall–Kier alpha value is -1.14. The molecule has 0 amide bonds. The summed E-state index contributed by atoms with van der Waals surface area (Å²) < 4.78 is 5.08. The molecule has 0 saturated heterocycles. The third kappa shape index (κ3) is 3.45. The number of hydrogen-bond donors (Lipinski definition) is 1. The SMILES string of the molecule is CCCNCc1cn(Cc2c(Br)c(C)nn2C)cn1. The van der Waals surface area contributed by atoms with Gasteiger partial charge in [-0.3, -0.25) is 4.68 Å². The zero-order valence-electron chi connectivity index (χ0n) is 11.6. The zero-order valence-corrected chi connectivity index (χ0v) is 13.2. The van der Waals surface area contributed by atoms with Gasteiger partial charge in [-0.2, -0.15) is 5.10 Å². The van der Waals surface area contributed by atoms with E-state index in [1.165, 1.54) is 0 Å². The van der Waals surface area contributed by atoms with Gasteiger partial charge in [0.25, 0.3) is 0 Å². The van der Waals surface area contributed by atoms with Crippen molar-refractivity contribution in [3.8, 4) is 0 Å². The minimum absolute atomic E-state index is 0.776. The number of hydrogen-bond acceptors (Lipinski definition) is 3. The number of imidazole rings is 1. The van der Waals surface area contributed by atoms with E-state index in [0.29, 0.717) is 0 Å². The van der Waals surface area contributed by atoms with E-state index in [2.05, 4.69) is 49.0 Å². The van der Waals surface area contributed by atoms with Gasteiger partial charge in [0.2, 0.25) is 0 Å². The van der Waals surface area contributed by atoms with Gasteiger partial charge in [0, 0.05) is 19.8 Å². The molecule has 0 aliphatic carbocycles. The highest BCUT2D eigenvalue weighted by atomic mass is 79.9. The number of rotatable bonds is 6. The largest absolute Gasteiger partial charge is 0.331 e. The lowest BCUT2D eigenvalue weighted by molar-refractivity contribution is 0.656. The Kier molecular flexibility index (Phi) is 4.76. The van der Waals surface area contributed by atoms with Crippen molar-refractivity contribution in [3.05, 3.63) is 34.1 Å². The van der Waals surface area contributed by atoms with Crippen LogP contribution in [-0.4, -0.2) is 25.9 Å². The number of aromatic nitrogens is 4. The first-order chi connectivity index (χ1) is 9.11. The molecule has 5 nitrogen and oxygen atoms in total. The van der Waals surface area contributed by atoms with Gasteiger partial charge in [0.05, 0.1) is 34.4 Å². The number of aryl methyl sites for hydroxylation is 2. The maximum atomic E-state index is 4.41. The van der Waals surface area contributed by atoms with Crippen molar-refractivity contribution in [1.29, 1.82) is 0 Å². The van der Waals surface area contributed by atoms with Crippen molar-refractivity contribution < 1.29 is 0 Å². The van der Waals surface area contributed by atoms with Gasteiger partial charge in [-0.1, -0.05) is 6.92 Å². The van der Waals surface area contributed by atoms with E-state index in [1.807, 2.05) is 25.0 Å². The fourth-order valence-corrected chi connectivity index (χ4v) is 2.46. The summed E-state index contributed by atoms with van der Waals surface area (Å²) in [5, 5.41) is 7.75. The Morgan fingerprint density at radius 2 is 2.21 bits per heavy atom. The van der Waals surface area contributed by atoms with E-state index in [4.69, 9.17) is 0 Å². The molecule has 0 aliphatic heterocycles. The fourth-order valence-electron chi connectivity index (χ4n) is 2.00. The first kappa shape index (κ1) is 14.3. The molecule has 6 heteroatoms. The van der Waals surface area contributed by atoms with Gasteiger partial charge in [-0.25, -0.2) is 4.98 Å². The van der Waals surface area contributed by atoms with Gasteiger partial charge in [-0.05, 0) is 35.8 Å². The third-order valence-electron chi connectivity index (χ3n) is 3.01. The molecule has 2 aromatic heterocycles. The standard InChI is InChI=1S/C13H20BrN5/c1-4-5-15-6-11-7-19(9-16-11)8-12-13(14)10(2)17-18(12)3/h7,9,15H,4-6,8H2,1-3H3. The van der Waals surface area contributed by atoms with E-state index < -0.39 is 0 Å². The monoisotopic (exact) mass is 325 g/mol. The minimum atomic E-state index is 0.776. The molecular formula is C13H20BrN5. The first-order valence-electron chi connectivity index (χ1n) is 6.51. The third-order valence-corrected chi connectivity index (χ3v) is 4.05. The lowest BCUT2D eigenvalue weighted by Crippen LogP contribution is -2.13. The summed E-state index contributed by atoms with van der Waals surface area (Å²) in [6.07, 6.45) is 5.09. The second-order valence-corrected chi connectivity index (χ2v) is 5.48. The average Bonchev–Trinajstić information content (AvgIpc) is 2.91. The lowest BCUT2D eigenvalue weighted by atomic mass is 10.3. The number of nitrogens with one attached hydrogen (secondary N) is 1. The maximum absolute atomic E-state index is 4.41. The highest BCUT2D eigenvalue weighted by molar-refractivity contribution is 9.10. The molecule has 0 saturated carbocycles. The summed E-state index contributed by atoms with van der Waals surface area (Å²) in [6, 6.07) is 0. The van der Waals surface area contributed by atoms with Gasteiger partial charge in [0.15, 0.2) is 0 Å². The van der Waals surface area contributed by atoms with Gasteiger partial charge in [-0.15, -0.1) is 0 Å².